The van der Waals surface area contributed by atoms with E-state index >= 15 is 0 Å². The van der Waals surface area contributed by atoms with Gasteiger partial charge in [-0.3, -0.25) is 4.79 Å². The number of halogens is 3. The van der Waals surface area contributed by atoms with Gasteiger partial charge in [-0.25, -0.2) is 4.98 Å². The molecule has 0 aliphatic carbocycles. The van der Waals surface area contributed by atoms with Gasteiger partial charge in [0.2, 0.25) is 5.91 Å². The Kier molecular flexibility index (Phi) is 9.46. The largest absolute Gasteiger partial charge is 0.348 e. The van der Waals surface area contributed by atoms with Crippen molar-refractivity contribution < 1.29 is 4.79 Å². The van der Waals surface area contributed by atoms with Crippen molar-refractivity contribution in [2.45, 2.75) is 38.8 Å². The van der Waals surface area contributed by atoms with Crippen LogP contribution in [0, 0.1) is 0 Å². The first-order chi connectivity index (χ1) is 10.3. The minimum atomic E-state index is -1.07. The van der Waals surface area contributed by atoms with Gasteiger partial charge >= 0.3 is 0 Å². The molecule has 2 aromatic rings. The number of thiazole rings is 1. The maximum absolute atomic E-state index is 12.4. The molecule has 1 amide bonds. The van der Waals surface area contributed by atoms with Crippen molar-refractivity contribution in [1.82, 2.24) is 10.3 Å². The summed E-state index contributed by atoms with van der Waals surface area (Å²) in [4.78, 5) is 16.9. The molecule has 1 heterocycles. The number of carbonyl (C=O) groups is 1. The maximum atomic E-state index is 12.4. The van der Waals surface area contributed by atoms with Gasteiger partial charge in [-0.1, -0.05) is 41.9 Å². The van der Waals surface area contributed by atoms with Crippen LogP contribution in [0.2, 0.25) is 0 Å². The molecule has 0 saturated carbocycles. The number of nitrogens with two attached hydrogens (primary N) is 1. The zero-order valence-electron chi connectivity index (χ0n) is 13.7. The molecule has 1 aromatic heterocycles. The number of benzene rings is 1. The number of nitrogens with zero attached hydrogens (tertiary/aromatic N) is 1. The van der Waals surface area contributed by atoms with E-state index in [1.54, 1.807) is 18.3 Å². The average Bonchev–Trinajstić information content (AvgIpc) is 2.94. The van der Waals surface area contributed by atoms with Gasteiger partial charge in [-0.15, -0.1) is 36.2 Å². The Bertz CT molecular complexity index is 660. The molecule has 134 valence electrons. The summed E-state index contributed by atoms with van der Waals surface area (Å²) >= 11 is 4.93. The Hall–Kier alpha value is -0.660. The van der Waals surface area contributed by atoms with Gasteiger partial charge in [-0.2, -0.15) is 0 Å². The van der Waals surface area contributed by atoms with Crippen LogP contribution in [-0.2, 0) is 16.9 Å². The van der Waals surface area contributed by atoms with E-state index in [-0.39, 0.29) is 30.7 Å². The summed E-state index contributed by atoms with van der Waals surface area (Å²) in [6.07, 6.45) is 0. The molecule has 0 radical (unpaired) electrons. The van der Waals surface area contributed by atoms with E-state index in [1.807, 2.05) is 29.6 Å². The standard InChI is InChI=1S/C16H20BrN3OS.2ClH/c1-10(2)13-9-22-14(20-13)8-19-15(21)16(3,18)11-4-6-12(17)7-5-11;;/h4-7,9-10H,8,18H2,1-3H3,(H,19,21);2*1H. The lowest BCUT2D eigenvalue weighted by Crippen LogP contribution is -2.48. The van der Waals surface area contributed by atoms with Crippen LogP contribution in [0.5, 0.6) is 0 Å². The predicted molar refractivity (Wildman–Crippen MR) is 108 cm³/mol. The van der Waals surface area contributed by atoms with E-state index < -0.39 is 5.54 Å². The number of hydrogen-bond acceptors (Lipinski definition) is 4. The van der Waals surface area contributed by atoms with E-state index in [0.717, 1.165) is 20.7 Å². The normalized spacial score (nSPS) is 12.8. The molecule has 0 aliphatic heterocycles. The molecule has 1 aromatic carbocycles. The van der Waals surface area contributed by atoms with Crippen LogP contribution in [0.4, 0.5) is 0 Å². The molecule has 0 saturated heterocycles. The Morgan fingerprint density at radius 3 is 2.42 bits per heavy atom. The van der Waals surface area contributed by atoms with Crippen molar-refractivity contribution in [2.24, 2.45) is 5.73 Å². The first kappa shape index (κ1) is 23.3. The van der Waals surface area contributed by atoms with Crippen molar-refractivity contribution >= 4 is 58.0 Å². The highest BCUT2D eigenvalue weighted by molar-refractivity contribution is 9.10. The highest BCUT2D eigenvalue weighted by Gasteiger charge is 2.30. The molecular weight excluding hydrogens is 433 g/mol. The Balaban J connectivity index is 0.00000264. The summed E-state index contributed by atoms with van der Waals surface area (Å²) in [7, 11) is 0. The fourth-order valence-electron chi connectivity index (χ4n) is 1.94. The fourth-order valence-corrected chi connectivity index (χ4v) is 3.10. The Morgan fingerprint density at radius 2 is 1.92 bits per heavy atom. The molecule has 0 spiro atoms. The van der Waals surface area contributed by atoms with Crippen LogP contribution in [0.1, 0.15) is 43.0 Å². The van der Waals surface area contributed by atoms with E-state index in [4.69, 9.17) is 5.73 Å². The van der Waals surface area contributed by atoms with Gasteiger partial charge in [0.25, 0.3) is 0 Å². The van der Waals surface area contributed by atoms with E-state index in [0.29, 0.717) is 12.5 Å². The van der Waals surface area contributed by atoms with Crippen molar-refractivity contribution in [2.75, 3.05) is 0 Å². The third-order valence-corrected chi connectivity index (χ3v) is 4.87. The van der Waals surface area contributed by atoms with Crippen molar-refractivity contribution in [1.29, 1.82) is 0 Å². The summed E-state index contributed by atoms with van der Waals surface area (Å²) in [6.45, 7) is 6.32. The van der Waals surface area contributed by atoms with Crippen LogP contribution in [-0.4, -0.2) is 10.9 Å². The van der Waals surface area contributed by atoms with E-state index in [2.05, 4.69) is 40.1 Å². The van der Waals surface area contributed by atoms with Gasteiger partial charge in [0.1, 0.15) is 10.5 Å². The van der Waals surface area contributed by atoms with E-state index in [1.165, 1.54) is 0 Å². The number of nitrogens with one attached hydrogen (secondary N) is 1. The molecule has 0 bridgehead atoms. The summed E-state index contributed by atoms with van der Waals surface area (Å²) in [6, 6.07) is 7.46. The quantitative estimate of drug-likeness (QED) is 0.704. The molecule has 4 nitrogen and oxygen atoms in total. The first-order valence-corrected chi connectivity index (χ1v) is 8.75. The lowest BCUT2D eigenvalue weighted by molar-refractivity contribution is -0.126. The second kappa shape index (κ2) is 9.73. The van der Waals surface area contributed by atoms with Crippen LogP contribution in [0.15, 0.2) is 34.1 Å². The number of rotatable bonds is 5. The molecule has 8 heteroatoms. The summed E-state index contributed by atoms with van der Waals surface area (Å²) < 4.78 is 0.955. The van der Waals surface area contributed by atoms with Crippen LogP contribution < -0.4 is 11.1 Å². The molecule has 1 atom stereocenters. The zero-order valence-corrected chi connectivity index (χ0v) is 17.7. The molecule has 2 rings (SSSR count). The lowest BCUT2D eigenvalue weighted by atomic mass is 9.92. The van der Waals surface area contributed by atoms with E-state index in [9.17, 15) is 4.79 Å². The van der Waals surface area contributed by atoms with Crippen LogP contribution in [0.3, 0.4) is 0 Å². The molecule has 0 aliphatic rings. The fraction of sp³-hybridized carbons (Fsp3) is 0.375. The minimum absolute atomic E-state index is 0. The molecule has 1 unspecified atom stereocenters. The third-order valence-electron chi connectivity index (χ3n) is 3.48. The minimum Gasteiger partial charge on any atom is -0.348 e. The second-order valence-electron chi connectivity index (χ2n) is 5.71. The lowest BCUT2D eigenvalue weighted by Gasteiger charge is -2.24. The maximum Gasteiger partial charge on any atom is 0.244 e. The summed E-state index contributed by atoms with van der Waals surface area (Å²) in [5, 5.41) is 5.80. The Labute approximate surface area is 167 Å². The SMILES string of the molecule is CC(C)c1csc(CNC(=O)C(C)(N)c2ccc(Br)cc2)n1.Cl.Cl. The van der Waals surface area contributed by atoms with Crippen molar-refractivity contribution in [3.05, 3.63) is 50.4 Å². The first-order valence-electron chi connectivity index (χ1n) is 7.08. The molecular formula is C16H22BrCl2N3OS. The van der Waals surface area contributed by atoms with Gasteiger partial charge in [-0.05, 0) is 30.5 Å². The predicted octanol–water partition coefficient (Wildman–Crippen LogP) is 4.36. The van der Waals surface area contributed by atoms with Crippen LogP contribution >= 0.6 is 52.1 Å². The average molecular weight is 455 g/mol. The topological polar surface area (TPSA) is 68.0 Å². The molecule has 24 heavy (non-hydrogen) atoms. The van der Waals surface area contributed by atoms with Crippen LogP contribution in [0.25, 0.3) is 0 Å². The highest BCUT2D eigenvalue weighted by Crippen LogP contribution is 2.21. The van der Waals surface area contributed by atoms with Gasteiger partial charge in [0.15, 0.2) is 0 Å². The van der Waals surface area contributed by atoms with Gasteiger partial charge < -0.3 is 11.1 Å². The summed E-state index contributed by atoms with van der Waals surface area (Å²) in [5.41, 5.74) is 6.96. The monoisotopic (exact) mass is 453 g/mol. The number of aromatic nitrogens is 1. The number of amides is 1. The second-order valence-corrected chi connectivity index (χ2v) is 7.57. The van der Waals surface area contributed by atoms with Crippen molar-refractivity contribution in [3.63, 3.8) is 0 Å². The number of hydrogen-bond donors (Lipinski definition) is 2. The smallest absolute Gasteiger partial charge is 0.244 e. The van der Waals surface area contributed by atoms with Crippen molar-refractivity contribution in [3.8, 4) is 0 Å². The zero-order chi connectivity index (χ0) is 16.3. The number of carbonyl (C=O) groups excluding carboxylic acids is 1. The molecule has 3 N–H and O–H groups in total. The third kappa shape index (κ3) is 5.70. The van der Waals surface area contributed by atoms with Gasteiger partial charge in [0, 0.05) is 9.85 Å². The Morgan fingerprint density at radius 1 is 1.33 bits per heavy atom. The van der Waals surface area contributed by atoms with Gasteiger partial charge in [0.05, 0.1) is 12.2 Å². The highest BCUT2D eigenvalue weighted by atomic mass is 79.9. The summed E-state index contributed by atoms with van der Waals surface area (Å²) in [5.74, 6) is 0.180. The molecule has 0 fully saturated rings.